The van der Waals surface area contributed by atoms with Crippen LogP contribution in [0.5, 0.6) is 0 Å². The maximum atomic E-state index is 13.1. The van der Waals surface area contributed by atoms with Gasteiger partial charge in [-0.15, -0.1) is 0 Å². The predicted molar refractivity (Wildman–Crippen MR) is 126 cm³/mol. The van der Waals surface area contributed by atoms with Gasteiger partial charge >= 0.3 is 0 Å². The number of quaternary nitrogens is 1. The SMILES string of the molecule is C[C@H](NC(=O)[C@H]1C[C@@H](c2ccccc2)CC[N+]1(C)C)C(=O)NCc1ccc(C(=N)N)cc1. The molecule has 1 heterocycles. The first-order valence-corrected chi connectivity index (χ1v) is 11.1. The number of carbonyl (C=O) groups excluding carboxylic acids is 2. The zero-order valence-electron chi connectivity index (χ0n) is 19.1. The van der Waals surface area contributed by atoms with Crippen LogP contribution in [-0.2, 0) is 16.1 Å². The quantitative estimate of drug-likeness (QED) is 0.303. The van der Waals surface area contributed by atoms with E-state index in [1.54, 1.807) is 19.1 Å². The molecule has 0 unspecified atom stereocenters. The number of amides is 2. The molecule has 1 aliphatic heterocycles. The highest BCUT2D eigenvalue weighted by molar-refractivity contribution is 5.94. The smallest absolute Gasteiger partial charge is 0.279 e. The molecule has 1 fully saturated rings. The zero-order valence-corrected chi connectivity index (χ0v) is 19.1. The maximum Gasteiger partial charge on any atom is 0.279 e. The van der Waals surface area contributed by atoms with Crippen molar-refractivity contribution in [1.82, 2.24) is 10.6 Å². The lowest BCUT2D eigenvalue weighted by molar-refractivity contribution is -0.911. The first-order valence-electron chi connectivity index (χ1n) is 11.1. The monoisotopic (exact) mass is 436 g/mol. The lowest BCUT2D eigenvalue weighted by atomic mass is 9.84. The van der Waals surface area contributed by atoms with Crippen molar-refractivity contribution in [2.75, 3.05) is 20.6 Å². The molecule has 2 aromatic rings. The predicted octanol–water partition coefficient (Wildman–Crippen LogP) is 2.11. The Morgan fingerprint density at radius 1 is 1.12 bits per heavy atom. The number of amidine groups is 1. The summed E-state index contributed by atoms with van der Waals surface area (Å²) in [5, 5.41) is 13.2. The third kappa shape index (κ3) is 5.73. The molecule has 32 heavy (non-hydrogen) atoms. The summed E-state index contributed by atoms with van der Waals surface area (Å²) in [6.07, 6.45) is 1.80. The molecule has 2 amide bonds. The molecule has 7 nitrogen and oxygen atoms in total. The van der Waals surface area contributed by atoms with Crippen molar-refractivity contribution in [2.45, 2.75) is 44.3 Å². The van der Waals surface area contributed by atoms with E-state index in [0.29, 0.717) is 22.5 Å². The van der Waals surface area contributed by atoms with Crippen LogP contribution in [-0.4, -0.2) is 54.9 Å². The van der Waals surface area contributed by atoms with Crippen molar-refractivity contribution < 1.29 is 14.1 Å². The largest absolute Gasteiger partial charge is 0.384 e. The van der Waals surface area contributed by atoms with Crippen molar-refractivity contribution in [3.63, 3.8) is 0 Å². The fourth-order valence-electron chi connectivity index (χ4n) is 4.29. The highest BCUT2D eigenvalue weighted by atomic mass is 16.2. The maximum absolute atomic E-state index is 13.1. The van der Waals surface area contributed by atoms with E-state index < -0.39 is 6.04 Å². The summed E-state index contributed by atoms with van der Waals surface area (Å²) in [6.45, 7) is 2.97. The highest BCUT2D eigenvalue weighted by Gasteiger charge is 2.42. The summed E-state index contributed by atoms with van der Waals surface area (Å²) in [7, 11) is 4.17. The Hall–Kier alpha value is -3.19. The summed E-state index contributed by atoms with van der Waals surface area (Å²) < 4.78 is 0.617. The molecule has 3 rings (SSSR count). The van der Waals surface area contributed by atoms with Crippen LogP contribution in [0, 0.1) is 5.41 Å². The molecule has 0 aromatic heterocycles. The fourth-order valence-corrected chi connectivity index (χ4v) is 4.29. The van der Waals surface area contributed by atoms with E-state index in [2.05, 4.69) is 36.9 Å². The number of benzene rings is 2. The fraction of sp³-hybridized carbons (Fsp3) is 0.400. The van der Waals surface area contributed by atoms with E-state index in [0.717, 1.165) is 24.9 Å². The number of hydrogen-bond acceptors (Lipinski definition) is 3. The number of hydrogen-bond donors (Lipinski definition) is 4. The average molecular weight is 437 g/mol. The second kappa shape index (κ2) is 9.96. The molecule has 0 saturated carbocycles. The second-order valence-corrected chi connectivity index (χ2v) is 9.21. The van der Waals surface area contributed by atoms with Gasteiger partial charge in [0.05, 0.1) is 20.6 Å². The minimum Gasteiger partial charge on any atom is -0.384 e. The summed E-state index contributed by atoms with van der Waals surface area (Å²) >= 11 is 0. The van der Waals surface area contributed by atoms with Crippen LogP contribution in [0.2, 0.25) is 0 Å². The number of nitrogens with two attached hydrogens (primary N) is 1. The van der Waals surface area contributed by atoms with Gasteiger partial charge in [0.2, 0.25) is 5.91 Å². The van der Waals surface area contributed by atoms with Crippen LogP contribution >= 0.6 is 0 Å². The Balaban J connectivity index is 1.56. The van der Waals surface area contributed by atoms with Crippen molar-refractivity contribution >= 4 is 17.6 Å². The standard InChI is InChI=1S/C25H33N5O2/c1-17(24(31)28-16-18-9-11-20(12-10-18)23(26)27)29-25(32)22-15-21(13-14-30(22,2)3)19-7-5-4-6-8-19/h4-12,17,21-22H,13-16H2,1-3H3,(H4-,26,27,28,29,31,32)/p+1/t17-,21-,22+/m0/s1. The Morgan fingerprint density at radius 3 is 2.41 bits per heavy atom. The van der Waals surface area contributed by atoms with Crippen LogP contribution in [0.15, 0.2) is 54.6 Å². The first-order chi connectivity index (χ1) is 15.2. The molecule has 170 valence electrons. The number of likely N-dealkylation sites (N-methyl/N-ethyl adjacent to an activating group) is 1. The van der Waals surface area contributed by atoms with Crippen molar-refractivity contribution in [3.05, 3.63) is 71.3 Å². The number of likely N-dealkylation sites (tertiary alicyclic amines) is 1. The second-order valence-electron chi connectivity index (χ2n) is 9.21. The normalized spacial score (nSPS) is 20.7. The van der Waals surface area contributed by atoms with E-state index in [9.17, 15) is 9.59 Å². The van der Waals surface area contributed by atoms with Crippen molar-refractivity contribution in [3.8, 4) is 0 Å². The van der Waals surface area contributed by atoms with Crippen molar-refractivity contribution in [2.24, 2.45) is 5.73 Å². The molecular formula is C25H34N5O2+. The van der Waals surface area contributed by atoms with Gasteiger partial charge in [-0.25, -0.2) is 0 Å². The van der Waals surface area contributed by atoms with Gasteiger partial charge in [-0.3, -0.25) is 15.0 Å². The van der Waals surface area contributed by atoms with Gasteiger partial charge in [0, 0.05) is 24.9 Å². The first kappa shape index (κ1) is 23.5. The van der Waals surface area contributed by atoms with E-state index in [1.165, 1.54) is 5.56 Å². The lowest BCUT2D eigenvalue weighted by Crippen LogP contribution is -2.61. The van der Waals surface area contributed by atoms with Gasteiger partial charge in [0.25, 0.3) is 5.91 Å². The van der Waals surface area contributed by atoms with Crippen LogP contribution in [0.4, 0.5) is 0 Å². The Labute approximate surface area is 190 Å². The number of piperidine rings is 1. The van der Waals surface area contributed by atoms with E-state index in [4.69, 9.17) is 11.1 Å². The minimum atomic E-state index is -0.629. The van der Waals surface area contributed by atoms with Gasteiger partial charge in [-0.1, -0.05) is 54.6 Å². The molecular weight excluding hydrogens is 402 g/mol. The van der Waals surface area contributed by atoms with Gasteiger partial charge in [-0.05, 0) is 24.0 Å². The average Bonchev–Trinajstić information content (AvgIpc) is 2.78. The zero-order chi connectivity index (χ0) is 23.3. The van der Waals surface area contributed by atoms with E-state index >= 15 is 0 Å². The summed E-state index contributed by atoms with van der Waals surface area (Å²) in [6, 6.07) is 16.7. The third-order valence-electron chi connectivity index (χ3n) is 6.46. The summed E-state index contributed by atoms with van der Waals surface area (Å²) in [4.78, 5) is 25.7. The number of rotatable bonds is 7. The Morgan fingerprint density at radius 2 is 1.78 bits per heavy atom. The molecule has 0 radical (unpaired) electrons. The minimum absolute atomic E-state index is 0.00969. The Bertz CT molecular complexity index is 956. The number of nitrogen functional groups attached to an aromatic ring is 1. The van der Waals surface area contributed by atoms with Gasteiger partial charge in [0.1, 0.15) is 11.9 Å². The molecule has 0 spiro atoms. The third-order valence-corrected chi connectivity index (χ3v) is 6.46. The van der Waals surface area contributed by atoms with Crippen LogP contribution in [0.1, 0.15) is 42.4 Å². The van der Waals surface area contributed by atoms with Gasteiger partial charge < -0.3 is 20.9 Å². The summed E-state index contributed by atoms with van der Waals surface area (Å²) in [5.74, 6) is 0.0504. The molecule has 0 bridgehead atoms. The summed E-state index contributed by atoms with van der Waals surface area (Å²) in [5.41, 5.74) is 8.28. The van der Waals surface area contributed by atoms with E-state index in [1.807, 2.05) is 30.3 Å². The van der Waals surface area contributed by atoms with Crippen LogP contribution in [0.25, 0.3) is 0 Å². The molecule has 1 saturated heterocycles. The highest BCUT2D eigenvalue weighted by Crippen LogP contribution is 2.34. The van der Waals surface area contributed by atoms with Crippen molar-refractivity contribution in [1.29, 1.82) is 5.41 Å². The molecule has 3 atom stereocenters. The van der Waals surface area contributed by atoms with Crippen LogP contribution < -0.4 is 16.4 Å². The Kier molecular flexibility index (Phi) is 7.30. The van der Waals surface area contributed by atoms with E-state index in [-0.39, 0.29) is 23.7 Å². The number of nitrogens with zero attached hydrogens (tertiary/aromatic N) is 1. The number of carbonyl (C=O) groups is 2. The molecule has 2 aromatic carbocycles. The molecule has 0 aliphatic carbocycles. The molecule has 1 aliphatic rings. The number of nitrogens with one attached hydrogen (secondary N) is 3. The van der Waals surface area contributed by atoms with Gasteiger partial charge in [-0.2, -0.15) is 0 Å². The molecule has 7 heteroatoms. The van der Waals surface area contributed by atoms with Gasteiger partial charge in [0.15, 0.2) is 6.04 Å². The molecule has 5 N–H and O–H groups in total. The lowest BCUT2D eigenvalue weighted by Gasteiger charge is -2.43. The topological polar surface area (TPSA) is 108 Å². The van der Waals surface area contributed by atoms with Crippen LogP contribution in [0.3, 0.4) is 0 Å².